The average Bonchev–Trinajstić information content (AvgIpc) is 2.36. The number of benzene rings is 1. The number of nitrogens with one attached hydrogen (secondary N) is 1. The van der Waals surface area contributed by atoms with Crippen LogP contribution in [-0.4, -0.2) is 32.7 Å². The molecule has 2 rings (SSSR count). The summed E-state index contributed by atoms with van der Waals surface area (Å²) in [4.78, 5) is 6.41. The Labute approximate surface area is 107 Å². The molecular weight excluding hydrogens is 229 g/mol. The molecule has 1 N–H and O–H groups in total. The fourth-order valence-electron chi connectivity index (χ4n) is 2.00. The van der Waals surface area contributed by atoms with Crippen LogP contribution in [0.15, 0.2) is 24.3 Å². The third kappa shape index (κ3) is 2.43. The molecule has 0 amide bonds. The molecule has 18 heavy (non-hydrogen) atoms. The van der Waals surface area contributed by atoms with Gasteiger partial charge in [-0.1, -0.05) is 12.1 Å². The van der Waals surface area contributed by atoms with Crippen molar-refractivity contribution >= 4 is 16.6 Å². The lowest BCUT2D eigenvalue weighted by molar-refractivity contribution is 0.636. The quantitative estimate of drug-likeness (QED) is 0.897. The lowest BCUT2D eigenvalue weighted by Gasteiger charge is -2.17. The third-order valence-corrected chi connectivity index (χ3v) is 2.93. The molecule has 1 heterocycles. The molecule has 0 spiro atoms. The van der Waals surface area contributed by atoms with E-state index >= 15 is 0 Å². The van der Waals surface area contributed by atoms with Gasteiger partial charge in [0.2, 0.25) is 0 Å². The van der Waals surface area contributed by atoms with Crippen LogP contribution < -0.4 is 10.2 Å². The number of hydrogen-bond acceptors (Lipinski definition) is 3. The van der Waals surface area contributed by atoms with Crippen molar-refractivity contribution < 1.29 is 4.39 Å². The van der Waals surface area contributed by atoms with E-state index in [1.54, 1.807) is 6.07 Å². The standard InChI is InChI=1S/C14H18FN3/c1-16-8-7-10-9-13(18(2)3)11-5-4-6-12(15)14(11)17-10/h4-6,9,16H,7-8H2,1-3H3. The lowest BCUT2D eigenvalue weighted by atomic mass is 10.1. The number of anilines is 1. The second-order valence-corrected chi connectivity index (χ2v) is 4.52. The number of aromatic nitrogens is 1. The number of halogens is 1. The first-order chi connectivity index (χ1) is 8.63. The number of fused-ring (bicyclic) bond motifs is 1. The van der Waals surface area contributed by atoms with Crippen molar-refractivity contribution in [1.82, 2.24) is 10.3 Å². The van der Waals surface area contributed by atoms with Crippen molar-refractivity contribution in [2.24, 2.45) is 0 Å². The van der Waals surface area contributed by atoms with Crippen LogP contribution in [0.25, 0.3) is 10.9 Å². The Bertz CT molecular complexity index is 552. The number of pyridine rings is 1. The van der Waals surface area contributed by atoms with Crippen molar-refractivity contribution in [2.75, 3.05) is 32.6 Å². The molecule has 0 atom stereocenters. The molecule has 0 saturated carbocycles. The number of rotatable bonds is 4. The molecule has 0 radical (unpaired) electrons. The molecule has 0 saturated heterocycles. The second-order valence-electron chi connectivity index (χ2n) is 4.52. The van der Waals surface area contributed by atoms with Crippen LogP contribution in [0.1, 0.15) is 5.69 Å². The van der Waals surface area contributed by atoms with Crippen molar-refractivity contribution in [3.63, 3.8) is 0 Å². The molecule has 4 heteroatoms. The lowest BCUT2D eigenvalue weighted by Crippen LogP contribution is -2.14. The number of para-hydroxylation sites is 1. The van der Waals surface area contributed by atoms with Gasteiger partial charge in [0.15, 0.2) is 0 Å². The zero-order valence-electron chi connectivity index (χ0n) is 11.0. The van der Waals surface area contributed by atoms with Crippen LogP contribution in [0.5, 0.6) is 0 Å². The fraction of sp³-hybridized carbons (Fsp3) is 0.357. The van der Waals surface area contributed by atoms with Crippen molar-refractivity contribution in [3.05, 3.63) is 35.8 Å². The highest BCUT2D eigenvalue weighted by Gasteiger charge is 2.10. The zero-order chi connectivity index (χ0) is 13.1. The molecule has 0 bridgehead atoms. The van der Waals surface area contributed by atoms with E-state index in [0.717, 1.165) is 29.7 Å². The molecule has 0 fully saturated rings. The maximum absolute atomic E-state index is 13.8. The summed E-state index contributed by atoms with van der Waals surface area (Å²) in [6, 6.07) is 7.11. The normalized spacial score (nSPS) is 10.9. The van der Waals surface area contributed by atoms with Crippen LogP contribution in [0.2, 0.25) is 0 Å². The minimum Gasteiger partial charge on any atom is -0.377 e. The van der Waals surface area contributed by atoms with Crippen LogP contribution >= 0.6 is 0 Å². The largest absolute Gasteiger partial charge is 0.377 e. The summed E-state index contributed by atoms with van der Waals surface area (Å²) in [5, 5.41) is 3.94. The Kier molecular flexibility index (Phi) is 3.77. The van der Waals surface area contributed by atoms with E-state index in [0.29, 0.717) is 5.52 Å². The average molecular weight is 247 g/mol. The Morgan fingerprint density at radius 3 is 2.78 bits per heavy atom. The van der Waals surface area contributed by atoms with Gasteiger partial charge in [0.05, 0.1) is 0 Å². The van der Waals surface area contributed by atoms with E-state index in [1.807, 2.05) is 38.2 Å². The monoisotopic (exact) mass is 247 g/mol. The zero-order valence-corrected chi connectivity index (χ0v) is 11.0. The van der Waals surface area contributed by atoms with Crippen LogP contribution in [0.4, 0.5) is 10.1 Å². The number of likely N-dealkylation sites (N-methyl/N-ethyl adjacent to an activating group) is 1. The predicted octanol–water partition coefficient (Wildman–Crippen LogP) is 2.20. The highest BCUT2D eigenvalue weighted by molar-refractivity contribution is 5.92. The van der Waals surface area contributed by atoms with E-state index in [-0.39, 0.29) is 5.82 Å². The summed E-state index contributed by atoms with van der Waals surface area (Å²) in [6.45, 7) is 0.833. The maximum Gasteiger partial charge on any atom is 0.149 e. The Balaban J connectivity index is 2.60. The maximum atomic E-state index is 13.8. The van der Waals surface area contributed by atoms with Crippen LogP contribution in [-0.2, 0) is 6.42 Å². The highest BCUT2D eigenvalue weighted by Crippen LogP contribution is 2.27. The molecule has 96 valence electrons. The van der Waals surface area contributed by atoms with Gasteiger partial charge in [-0.25, -0.2) is 9.37 Å². The van der Waals surface area contributed by atoms with Gasteiger partial charge in [-0.3, -0.25) is 0 Å². The smallest absolute Gasteiger partial charge is 0.149 e. The van der Waals surface area contributed by atoms with Crippen LogP contribution in [0, 0.1) is 5.82 Å². The fourth-order valence-corrected chi connectivity index (χ4v) is 2.00. The molecular formula is C14H18FN3. The molecule has 0 aliphatic heterocycles. The van der Waals surface area contributed by atoms with Crippen molar-refractivity contribution in [1.29, 1.82) is 0 Å². The second kappa shape index (κ2) is 5.31. The summed E-state index contributed by atoms with van der Waals surface area (Å²) in [5.41, 5.74) is 2.37. The predicted molar refractivity (Wildman–Crippen MR) is 73.7 cm³/mol. The topological polar surface area (TPSA) is 28.2 Å². The van der Waals surface area contributed by atoms with Gasteiger partial charge in [0.1, 0.15) is 11.3 Å². The molecule has 0 aliphatic rings. The summed E-state index contributed by atoms with van der Waals surface area (Å²) in [7, 11) is 5.82. The number of hydrogen-bond donors (Lipinski definition) is 1. The molecule has 0 unspecified atom stereocenters. The van der Waals surface area contributed by atoms with Gasteiger partial charge in [-0.05, 0) is 19.2 Å². The Morgan fingerprint density at radius 2 is 2.11 bits per heavy atom. The molecule has 1 aromatic heterocycles. The molecule has 2 aromatic rings. The summed E-state index contributed by atoms with van der Waals surface area (Å²) in [5.74, 6) is -0.262. The minimum absolute atomic E-state index is 0.262. The van der Waals surface area contributed by atoms with E-state index in [1.165, 1.54) is 6.07 Å². The van der Waals surface area contributed by atoms with Gasteiger partial charge < -0.3 is 10.2 Å². The van der Waals surface area contributed by atoms with Gasteiger partial charge in [0.25, 0.3) is 0 Å². The summed E-state index contributed by atoms with van der Waals surface area (Å²) >= 11 is 0. The summed E-state index contributed by atoms with van der Waals surface area (Å²) < 4.78 is 13.8. The van der Waals surface area contributed by atoms with Crippen molar-refractivity contribution in [2.45, 2.75) is 6.42 Å². The van der Waals surface area contributed by atoms with Gasteiger partial charge in [-0.15, -0.1) is 0 Å². The van der Waals surface area contributed by atoms with E-state index in [4.69, 9.17) is 0 Å². The minimum atomic E-state index is -0.262. The van der Waals surface area contributed by atoms with Crippen molar-refractivity contribution in [3.8, 4) is 0 Å². The van der Waals surface area contributed by atoms with E-state index in [9.17, 15) is 4.39 Å². The van der Waals surface area contributed by atoms with Gasteiger partial charge in [0, 0.05) is 43.8 Å². The van der Waals surface area contributed by atoms with Crippen LogP contribution in [0.3, 0.4) is 0 Å². The Hall–Kier alpha value is -1.68. The van der Waals surface area contributed by atoms with E-state index < -0.39 is 0 Å². The number of nitrogens with zero attached hydrogens (tertiary/aromatic N) is 2. The summed E-state index contributed by atoms with van der Waals surface area (Å²) in [6.07, 6.45) is 0.793. The first kappa shape index (κ1) is 12.8. The Morgan fingerprint density at radius 1 is 1.33 bits per heavy atom. The highest BCUT2D eigenvalue weighted by atomic mass is 19.1. The van der Waals surface area contributed by atoms with Gasteiger partial charge in [-0.2, -0.15) is 0 Å². The molecule has 0 aliphatic carbocycles. The SMILES string of the molecule is CNCCc1cc(N(C)C)c2cccc(F)c2n1. The first-order valence-electron chi connectivity index (χ1n) is 6.03. The molecule has 3 nitrogen and oxygen atoms in total. The third-order valence-electron chi connectivity index (χ3n) is 2.93. The first-order valence-corrected chi connectivity index (χ1v) is 6.03. The van der Waals surface area contributed by atoms with Gasteiger partial charge >= 0.3 is 0 Å². The van der Waals surface area contributed by atoms with E-state index in [2.05, 4.69) is 10.3 Å². The molecule has 1 aromatic carbocycles.